The van der Waals surface area contributed by atoms with Crippen LogP contribution in [0.1, 0.15) is 42.6 Å². The van der Waals surface area contributed by atoms with Crippen LogP contribution in [0.5, 0.6) is 0 Å². The molecule has 2 saturated heterocycles. The molecule has 1 atom stereocenters. The Balaban J connectivity index is 1.25. The Morgan fingerprint density at radius 3 is 2.50 bits per heavy atom. The molecule has 0 radical (unpaired) electrons. The Bertz CT molecular complexity index is 1160. The highest BCUT2D eigenvalue weighted by Gasteiger charge is 2.34. The molecule has 1 N–H and O–H groups in total. The lowest BCUT2D eigenvalue weighted by Crippen LogP contribution is -2.52. The van der Waals surface area contributed by atoms with Crippen molar-refractivity contribution >= 4 is 29.2 Å². The SMILES string of the molecule is CC(C)Cc1ccc(C(=O)CCC(=O)NC[C@H]2CN(c3ccc([N+]4([O-])CCOCC4)c(F)c3)C(=O)O2)cc1. The van der Waals surface area contributed by atoms with Gasteiger partial charge in [-0.25, -0.2) is 9.18 Å². The summed E-state index contributed by atoms with van der Waals surface area (Å²) in [6.45, 7) is 5.23. The van der Waals surface area contributed by atoms with Crippen LogP contribution in [0, 0.1) is 16.9 Å². The van der Waals surface area contributed by atoms with Crippen molar-refractivity contribution in [2.75, 3.05) is 44.3 Å². The predicted octanol–water partition coefficient (Wildman–Crippen LogP) is 3.96. The van der Waals surface area contributed by atoms with Crippen molar-refractivity contribution in [3.8, 4) is 0 Å². The quantitative estimate of drug-likeness (QED) is 0.285. The third-order valence-corrected chi connectivity index (χ3v) is 6.78. The molecule has 204 valence electrons. The van der Waals surface area contributed by atoms with Gasteiger partial charge in [0.2, 0.25) is 5.91 Å². The van der Waals surface area contributed by atoms with Crippen LogP contribution in [0.25, 0.3) is 0 Å². The number of morpholine rings is 1. The third-order valence-electron chi connectivity index (χ3n) is 6.78. The molecule has 0 aliphatic carbocycles. The van der Waals surface area contributed by atoms with Gasteiger partial charge in [-0.3, -0.25) is 14.5 Å². The average Bonchev–Trinajstić information content (AvgIpc) is 3.26. The molecule has 2 amide bonds. The van der Waals surface area contributed by atoms with Crippen LogP contribution in [0.2, 0.25) is 0 Å². The summed E-state index contributed by atoms with van der Waals surface area (Å²) in [6, 6.07) is 11.5. The van der Waals surface area contributed by atoms with Crippen LogP contribution in [0.3, 0.4) is 0 Å². The lowest BCUT2D eigenvalue weighted by molar-refractivity contribution is -0.121. The summed E-state index contributed by atoms with van der Waals surface area (Å²) in [7, 11) is 0. The Morgan fingerprint density at radius 1 is 1.13 bits per heavy atom. The summed E-state index contributed by atoms with van der Waals surface area (Å²) < 4.78 is 24.5. The number of quaternary nitrogens is 1. The summed E-state index contributed by atoms with van der Waals surface area (Å²) >= 11 is 0. The zero-order valence-electron chi connectivity index (χ0n) is 21.8. The van der Waals surface area contributed by atoms with Crippen molar-refractivity contribution in [1.82, 2.24) is 9.96 Å². The normalized spacial score (nSPS) is 18.9. The van der Waals surface area contributed by atoms with Crippen molar-refractivity contribution in [3.63, 3.8) is 0 Å². The van der Waals surface area contributed by atoms with Crippen molar-refractivity contribution in [2.45, 2.75) is 39.2 Å². The number of amides is 2. The largest absolute Gasteiger partial charge is 0.627 e. The van der Waals surface area contributed by atoms with Gasteiger partial charge in [0.15, 0.2) is 17.3 Å². The van der Waals surface area contributed by atoms with E-state index in [4.69, 9.17) is 9.47 Å². The number of anilines is 1. The highest BCUT2D eigenvalue weighted by Crippen LogP contribution is 2.31. The number of Topliss-reactive ketones (excluding diaryl/α,β-unsaturated/α-hetero) is 1. The average molecular weight is 528 g/mol. The van der Waals surface area contributed by atoms with E-state index in [0.717, 1.165) is 12.5 Å². The van der Waals surface area contributed by atoms with E-state index in [1.807, 2.05) is 12.1 Å². The van der Waals surface area contributed by atoms with E-state index < -0.39 is 22.7 Å². The molecule has 0 spiro atoms. The molecular formula is C28H34FN3O6. The molecule has 0 aromatic heterocycles. The lowest BCUT2D eigenvalue weighted by atomic mass is 9.99. The Hall–Kier alpha value is -3.34. The number of carbonyl (C=O) groups is 3. The number of hydroxylamine groups is 2. The van der Waals surface area contributed by atoms with Gasteiger partial charge in [-0.1, -0.05) is 38.1 Å². The van der Waals surface area contributed by atoms with Crippen LogP contribution >= 0.6 is 0 Å². The van der Waals surface area contributed by atoms with E-state index in [2.05, 4.69) is 19.2 Å². The topological polar surface area (TPSA) is 108 Å². The number of rotatable bonds is 10. The Kier molecular flexibility index (Phi) is 8.76. The van der Waals surface area contributed by atoms with Crippen LogP contribution in [-0.2, 0) is 20.7 Å². The zero-order chi connectivity index (χ0) is 27.3. The summed E-state index contributed by atoms with van der Waals surface area (Å²) in [6.07, 6.45) is -0.260. The van der Waals surface area contributed by atoms with E-state index >= 15 is 0 Å². The van der Waals surface area contributed by atoms with Crippen molar-refractivity contribution in [1.29, 1.82) is 0 Å². The summed E-state index contributed by atoms with van der Waals surface area (Å²) in [5.41, 5.74) is 2.02. The fraction of sp³-hybridized carbons (Fsp3) is 0.464. The second kappa shape index (κ2) is 12.0. The van der Waals surface area contributed by atoms with E-state index in [1.165, 1.54) is 22.6 Å². The number of nitrogens with one attached hydrogen (secondary N) is 1. The molecule has 2 aromatic carbocycles. The Morgan fingerprint density at radius 2 is 1.84 bits per heavy atom. The van der Waals surface area contributed by atoms with Gasteiger partial charge >= 0.3 is 6.09 Å². The van der Waals surface area contributed by atoms with E-state index in [9.17, 15) is 24.0 Å². The molecule has 2 aliphatic heterocycles. The first kappa shape index (κ1) is 27.7. The van der Waals surface area contributed by atoms with Gasteiger partial charge in [0.05, 0.1) is 32.0 Å². The highest BCUT2D eigenvalue weighted by atomic mass is 19.1. The van der Waals surface area contributed by atoms with Crippen LogP contribution in [-0.4, -0.2) is 63.3 Å². The van der Waals surface area contributed by atoms with Crippen molar-refractivity contribution < 1.29 is 28.2 Å². The molecule has 9 nitrogen and oxygen atoms in total. The van der Waals surface area contributed by atoms with Crippen molar-refractivity contribution in [2.24, 2.45) is 5.92 Å². The molecule has 10 heteroatoms. The number of nitrogens with zero attached hydrogens (tertiary/aromatic N) is 2. The molecule has 4 rings (SSSR count). The third kappa shape index (κ3) is 6.75. The second-order valence-corrected chi connectivity index (χ2v) is 10.2. The number of ketones is 1. The maximum atomic E-state index is 14.8. The fourth-order valence-electron chi connectivity index (χ4n) is 4.70. The molecule has 38 heavy (non-hydrogen) atoms. The van der Waals surface area contributed by atoms with Gasteiger partial charge < -0.3 is 24.6 Å². The maximum absolute atomic E-state index is 14.8. The smallest absolute Gasteiger partial charge is 0.414 e. The summed E-state index contributed by atoms with van der Waals surface area (Å²) in [5, 5.41) is 15.6. The first-order valence-electron chi connectivity index (χ1n) is 13.0. The van der Waals surface area contributed by atoms with Gasteiger partial charge in [-0.05, 0) is 24.0 Å². The van der Waals surface area contributed by atoms with Crippen LogP contribution < -0.4 is 14.9 Å². The predicted molar refractivity (Wildman–Crippen MR) is 141 cm³/mol. The summed E-state index contributed by atoms with van der Waals surface area (Å²) in [5.74, 6) is -0.599. The number of hydrogen-bond donors (Lipinski definition) is 1. The molecule has 2 aliphatic rings. The molecule has 2 aromatic rings. The number of ether oxygens (including phenoxy) is 2. The minimum atomic E-state index is -0.808. The molecule has 2 fully saturated rings. The Labute approximate surface area is 221 Å². The number of benzene rings is 2. The lowest BCUT2D eigenvalue weighted by Gasteiger charge is -2.44. The van der Waals surface area contributed by atoms with E-state index in [1.54, 1.807) is 12.1 Å². The molecular weight excluding hydrogens is 493 g/mol. The molecule has 0 unspecified atom stereocenters. The minimum absolute atomic E-state index is 0.00877. The number of hydrogen-bond acceptors (Lipinski definition) is 6. The van der Waals surface area contributed by atoms with Gasteiger partial charge in [-0.15, -0.1) is 0 Å². The first-order chi connectivity index (χ1) is 18.1. The molecule has 0 bridgehead atoms. The number of carbonyl (C=O) groups excluding carboxylic acids is 3. The van der Waals surface area contributed by atoms with Gasteiger partial charge in [0.1, 0.15) is 19.2 Å². The molecule has 0 saturated carbocycles. The zero-order valence-corrected chi connectivity index (χ0v) is 21.8. The monoisotopic (exact) mass is 527 g/mol. The van der Waals surface area contributed by atoms with Gasteiger partial charge in [0, 0.05) is 30.5 Å². The number of halogens is 1. The molecule has 2 heterocycles. The van der Waals surface area contributed by atoms with Crippen LogP contribution in [0.15, 0.2) is 42.5 Å². The number of cyclic esters (lactones) is 1. The van der Waals surface area contributed by atoms with Crippen molar-refractivity contribution in [3.05, 3.63) is 64.6 Å². The van der Waals surface area contributed by atoms with E-state index in [0.29, 0.717) is 11.5 Å². The maximum Gasteiger partial charge on any atom is 0.414 e. The van der Waals surface area contributed by atoms with Gasteiger partial charge in [-0.2, -0.15) is 0 Å². The summed E-state index contributed by atoms with van der Waals surface area (Å²) in [4.78, 5) is 38.4. The highest BCUT2D eigenvalue weighted by molar-refractivity contribution is 5.98. The van der Waals surface area contributed by atoms with E-state index in [-0.39, 0.29) is 75.3 Å². The fourth-order valence-corrected chi connectivity index (χ4v) is 4.70. The second-order valence-electron chi connectivity index (χ2n) is 10.2. The van der Waals surface area contributed by atoms with Crippen LogP contribution in [0.4, 0.5) is 20.6 Å². The van der Waals surface area contributed by atoms with Gasteiger partial charge in [0.25, 0.3) is 0 Å². The minimum Gasteiger partial charge on any atom is -0.627 e. The first-order valence-corrected chi connectivity index (χ1v) is 13.0. The standard InChI is InChI=1S/C28H34FN3O6/c1-19(2)15-20-3-5-21(6-4-20)26(33)9-10-27(34)30-17-23-18-31(28(35)38-23)22-7-8-25(24(29)16-22)32(36)11-13-37-14-12-32/h3-8,16,19,23H,9-15,17-18H2,1-2H3,(H,30,34)/t23-/m0/s1.